The van der Waals surface area contributed by atoms with Gasteiger partial charge in [-0.05, 0) is 31.9 Å². The van der Waals surface area contributed by atoms with E-state index in [-0.39, 0.29) is 13.2 Å². The van der Waals surface area contributed by atoms with Crippen molar-refractivity contribution in [3.63, 3.8) is 0 Å². The molecule has 1 heterocycles. The minimum absolute atomic E-state index is 0.279. The number of ether oxygens (including phenoxy) is 2. The highest BCUT2D eigenvalue weighted by atomic mass is 32.1. The van der Waals surface area contributed by atoms with E-state index in [2.05, 4.69) is 5.32 Å². The monoisotopic (exact) mass is 347 g/mol. The zero-order valence-corrected chi connectivity index (χ0v) is 14.9. The van der Waals surface area contributed by atoms with Gasteiger partial charge in [0.15, 0.2) is 0 Å². The van der Waals surface area contributed by atoms with Gasteiger partial charge in [0.1, 0.15) is 9.88 Å². The molecule has 5 nitrogen and oxygen atoms in total. The first-order valence-corrected chi connectivity index (χ1v) is 8.65. The summed E-state index contributed by atoms with van der Waals surface area (Å²) >= 11 is 1.22. The number of nitrogens with one attached hydrogen (secondary N) is 1. The molecule has 1 N–H and O–H groups in total. The normalized spacial score (nSPS) is 10.3. The Morgan fingerprint density at radius 3 is 2.29 bits per heavy atom. The number of benzene rings is 1. The van der Waals surface area contributed by atoms with Crippen LogP contribution >= 0.6 is 11.3 Å². The third-order valence-electron chi connectivity index (χ3n) is 3.38. The molecule has 0 unspecified atom stereocenters. The molecule has 1 aromatic heterocycles. The number of rotatable bonds is 7. The second kappa shape index (κ2) is 8.49. The van der Waals surface area contributed by atoms with Crippen molar-refractivity contribution in [2.75, 3.05) is 18.5 Å². The quantitative estimate of drug-likeness (QED) is 0.766. The molecule has 0 aliphatic heterocycles. The van der Waals surface area contributed by atoms with Crippen molar-refractivity contribution in [2.45, 2.75) is 27.3 Å². The van der Waals surface area contributed by atoms with Crippen LogP contribution in [0.4, 0.5) is 5.00 Å². The summed E-state index contributed by atoms with van der Waals surface area (Å²) in [4.78, 5) is 24.8. The predicted molar refractivity (Wildman–Crippen MR) is 94.7 cm³/mol. The Morgan fingerprint density at radius 1 is 1.04 bits per heavy atom. The van der Waals surface area contributed by atoms with E-state index in [4.69, 9.17) is 9.47 Å². The van der Waals surface area contributed by atoms with Crippen molar-refractivity contribution in [3.8, 4) is 0 Å². The number of anilines is 1. The van der Waals surface area contributed by atoms with E-state index in [9.17, 15) is 9.59 Å². The van der Waals surface area contributed by atoms with Gasteiger partial charge in [-0.2, -0.15) is 0 Å². The van der Waals surface area contributed by atoms with Gasteiger partial charge in [-0.1, -0.05) is 30.3 Å². The minimum Gasteiger partial charge on any atom is -0.462 e. The van der Waals surface area contributed by atoms with Gasteiger partial charge in [0.2, 0.25) is 0 Å². The van der Waals surface area contributed by atoms with Crippen molar-refractivity contribution >= 4 is 28.3 Å². The Labute approximate surface area is 145 Å². The fraction of sp³-hybridized carbons (Fsp3) is 0.333. The minimum atomic E-state index is -0.433. The van der Waals surface area contributed by atoms with E-state index >= 15 is 0 Å². The molecule has 0 spiro atoms. The first-order chi connectivity index (χ1) is 11.6. The summed E-state index contributed by atoms with van der Waals surface area (Å²) in [5.41, 5.74) is 2.07. The Morgan fingerprint density at radius 2 is 1.67 bits per heavy atom. The van der Waals surface area contributed by atoms with Crippen LogP contribution in [0.2, 0.25) is 0 Å². The van der Waals surface area contributed by atoms with E-state index < -0.39 is 11.9 Å². The molecular weight excluding hydrogens is 326 g/mol. The predicted octanol–water partition coefficient (Wildman–Crippen LogP) is 4.02. The van der Waals surface area contributed by atoms with Crippen LogP contribution in [0.3, 0.4) is 0 Å². The van der Waals surface area contributed by atoms with Crippen LogP contribution in [-0.4, -0.2) is 25.2 Å². The Balaban J connectivity index is 2.31. The smallest absolute Gasteiger partial charge is 0.348 e. The summed E-state index contributed by atoms with van der Waals surface area (Å²) < 4.78 is 10.2. The van der Waals surface area contributed by atoms with E-state index in [1.54, 1.807) is 20.8 Å². The second-order valence-corrected chi connectivity index (χ2v) is 6.06. The van der Waals surface area contributed by atoms with Gasteiger partial charge in [-0.3, -0.25) is 0 Å². The van der Waals surface area contributed by atoms with Gasteiger partial charge in [-0.25, -0.2) is 9.59 Å². The lowest BCUT2D eigenvalue weighted by molar-refractivity contribution is 0.0527. The number of hydrogen-bond acceptors (Lipinski definition) is 6. The molecular formula is C18H21NO4S. The average molecular weight is 347 g/mol. The second-order valence-electron chi connectivity index (χ2n) is 5.04. The fourth-order valence-electron chi connectivity index (χ4n) is 2.26. The zero-order chi connectivity index (χ0) is 17.5. The maximum absolute atomic E-state index is 12.3. The highest BCUT2D eigenvalue weighted by Gasteiger charge is 2.26. The molecule has 0 aliphatic carbocycles. The molecule has 6 heteroatoms. The van der Waals surface area contributed by atoms with E-state index in [1.807, 2.05) is 30.3 Å². The number of carbonyl (C=O) groups is 2. The van der Waals surface area contributed by atoms with Crippen LogP contribution in [0.25, 0.3) is 0 Å². The third kappa shape index (κ3) is 4.14. The van der Waals surface area contributed by atoms with Crippen LogP contribution in [0.15, 0.2) is 30.3 Å². The van der Waals surface area contributed by atoms with Crippen molar-refractivity contribution in [1.29, 1.82) is 0 Å². The molecule has 24 heavy (non-hydrogen) atoms. The van der Waals surface area contributed by atoms with Crippen LogP contribution in [0.1, 0.15) is 45.0 Å². The van der Waals surface area contributed by atoms with Gasteiger partial charge in [0.05, 0.1) is 18.8 Å². The van der Waals surface area contributed by atoms with Crippen molar-refractivity contribution < 1.29 is 19.1 Å². The van der Waals surface area contributed by atoms with E-state index in [0.29, 0.717) is 27.5 Å². The summed E-state index contributed by atoms with van der Waals surface area (Å²) in [6, 6.07) is 9.83. The number of carbonyl (C=O) groups excluding carboxylic acids is 2. The lowest BCUT2D eigenvalue weighted by Crippen LogP contribution is -2.10. The lowest BCUT2D eigenvalue weighted by Gasteiger charge is -2.08. The molecule has 0 bridgehead atoms. The van der Waals surface area contributed by atoms with Crippen molar-refractivity contribution in [2.24, 2.45) is 0 Å². The Bertz CT molecular complexity index is 709. The first kappa shape index (κ1) is 18.0. The summed E-state index contributed by atoms with van der Waals surface area (Å²) in [6.07, 6.45) is 0. The Kier molecular flexibility index (Phi) is 6.37. The van der Waals surface area contributed by atoms with Crippen LogP contribution < -0.4 is 5.32 Å². The number of thiophene rings is 1. The third-order valence-corrected chi connectivity index (χ3v) is 4.61. The van der Waals surface area contributed by atoms with Gasteiger partial charge >= 0.3 is 11.9 Å². The highest BCUT2D eigenvalue weighted by molar-refractivity contribution is 7.18. The molecule has 0 fully saturated rings. The molecule has 0 saturated heterocycles. The summed E-state index contributed by atoms with van der Waals surface area (Å²) in [6.45, 7) is 6.36. The zero-order valence-electron chi connectivity index (χ0n) is 14.0. The molecule has 128 valence electrons. The maximum atomic E-state index is 12.3. The van der Waals surface area contributed by atoms with Crippen molar-refractivity contribution in [3.05, 3.63) is 51.9 Å². The van der Waals surface area contributed by atoms with Crippen LogP contribution in [0, 0.1) is 6.92 Å². The fourth-order valence-corrected chi connectivity index (χ4v) is 3.34. The highest BCUT2D eigenvalue weighted by Crippen LogP contribution is 2.34. The largest absolute Gasteiger partial charge is 0.462 e. The molecule has 0 radical (unpaired) electrons. The van der Waals surface area contributed by atoms with Gasteiger partial charge in [0, 0.05) is 6.54 Å². The SMILES string of the molecule is CCOC(=O)c1sc(NCc2ccccc2)c(C(=O)OCC)c1C. The number of hydrogen-bond donors (Lipinski definition) is 1. The molecule has 0 aliphatic rings. The molecule has 0 amide bonds. The summed E-state index contributed by atoms with van der Waals surface area (Å²) in [5.74, 6) is -0.851. The van der Waals surface area contributed by atoms with Crippen LogP contribution in [-0.2, 0) is 16.0 Å². The molecule has 0 atom stereocenters. The average Bonchev–Trinajstić information content (AvgIpc) is 2.91. The first-order valence-electron chi connectivity index (χ1n) is 7.83. The maximum Gasteiger partial charge on any atom is 0.348 e. The number of esters is 2. The molecule has 0 saturated carbocycles. The Hall–Kier alpha value is -2.34. The van der Waals surface area contributed by atoms with E-state index in [1.165, 1.54) is 11.3 Å². The van der Waals surface area contributed by atoms with Crippen LogP contribution in [0.5, 0.6) is 0 Å². The topological polar surface area (TPSA) is 64.6 Å². The molecule has 2 aromatic rings. The summed E-state index contributed by atoms with van der Waals surface area (Å²) in [5, 5.41) is 3.86. The van der Waals surface area contributed by atoms with Gasteiger partial charge < -0.3 is 14.8 Å². The van der Waals surface area contributed by atoms with Gasteiger partial charge in [-0.15, -0.1) is 11.3 Å². The lowest BCUT2D eigenvalue weighted by atomic mass is 10.1. The van der Waals surface area contributed by atoms with E-state index in [0.717, 1.165) is 5.56 Å². The van der Waals surface area contributed by atoms with Crippen molar-refractivity contribution in [1.82, 2.24) is 0 Å². The standard InChI is InChI=1S/C18H21NO4S/c1-4-22-17(20)14-12(3)15(18(21)23-5-2)24-16(14)19-11-13-9-7-6-8-10-13/h6-10,19H,4-5,11H2,1-3H3. The molecule has 2 rings (SSSR count). The van der Waals surface area contributed by atoms with Gasteiger partial charge in [0.25, 0.3) is 0 Å². The summed E-state index contributed by atoms with van der Waals surface area (Å²) in [7, 11) is 0. The molecule has 1 aromatic carbocycles.